The molecule has 3 fully saturated rings. The summed E-state index contributed by atoms with van der Waals surface area (Å²) < 4.78 is 0. The van der Waals surface area contributed by atoms with Gasteiger partial charge in [0.25, 0.3) is 0 Å². The third-order valence-electron chi connectivity index (χ3n) is 10.8. The molecule has 0 amide bonds. The lowest BCUT2D eigenvalue weighted by Gasteiger charge is -2.49. The van der Waals surface area contributed by atoms with Crippen LogP contribution in [0, 0.1) is 53.3 Å². The van der Waals surface area contributed by atoms with Crippen molar-refractivity contribution < 1.29 is 0 Å². The first-order valence-corrected chi connectivity index (χ1v) is 14.4. The Hall–Kier alpha value is -0.820. The average Bonchev–Trinajstić information content (AvgIpc) is 3.38. The number of allylic oxidation sites excluding steroid dienone is 6. The van der Waals surface area contributed by atoms with E-state index in [1.165, 1.54) is 90.1 Å². The molecule has 5 aliphatic rings. The molecule has 178 valence electrons. The number of hydrogen-bond donors (Lipinski definition) is 1. The van der Waals surface area contributed by atoms with Gasteiger partial charge in [-0.2, -0.15) is 0 Å². The van der Waals surface area contributed by atoms with Gasteiger partial charge in [-0.3, -0.25) is 0 Å². The number of hydrogen-bond acceptors (Lipinski definition) is 1. The van der Waals surface area contributed by atoms with Crippen molar-refractivity contribution in [1.29, 1.82) is 0 Å². The van der Waals surface area contributed by atoms with Gasteiger partial charge in [0.1, 0.15) is 0 Å². The molecule has 1 nitrogen and oxygen atoms in total. The van der Waals surface area contributed by atoms with Crippen molar-refractivity contribution in [1.82, 2.24) is 5.32 Å². The summed E-state index contributed by atoms with van der Waals surface area (Å²) in [6, 6.07) is 0. The Morgan fingerprint density at radius 1 is 0.812 bits per heavy atom. The molecule has 0 radical (unpaired) electrons. The highest BCUT2D eigenvalue weighted by Gasteiger charge is 2.45. The van der Waals surface area contributed by atoms with Crippen LogP contribution in [0.25, 0.3) is 0 Å². The third-order valence-corrected chi connectivity index (χ3v) is 10.8. The van der Waals surface area contributed by atoms with E-state index in [-0.39, 0.29) is 0 Å². The highest BCUT2D eigenvalue weighted by Crippen LogP contribution is 2.53. The van der Waals surface area contributed by atoms with Crippen LogP contribution >= 0.6 is 0 Å². The fourth-order valence-corrected chi connectivity index (χ4v) is 8.88. The van der Waals surface area contributed by atoms with Crippen molar-refractivity contribution in [3.63, 3.8) is 0 Å². The van der Waals surface area contributed by atoms with E-state index in [0.29, 0.717) is 0 Å². The third kappa shape index (κ3) is 4.84. The molecule has 1 aliphatic heterocycles. The Balaban J connectivity index is 1.18. The van der Waals surface area contributed by atoms with E-state index in [2.05, 4.69) is 49.5 Å². The highest BCUT2D eigenvalue weighted by molar-refractivity contribution is 5.11. The van der Waals surface area contributed by atoms with Gasteiger partial charge in [0, 0.05) is 0 Å². The van der Waals surface area contributed by atoms with E-state index in [1.807, 2.05) is 5.57 Å². The Morgan fingerprint density at radius 2 is 1.59 bits per heavy atom. The van der Waals surface area contributed by atoms with Crippen LogP contribution in [0.1, 0.15) is 90.9 Å². The van der Waals surface area contributed by atoms with Gasteiger partial charge >= 0.3 is 0 Å². The molecule has 1 heteroatoms. The van der Waals surface area contributed by atoms with Crippen molar-refractivity contribution in [2.24, 2.45) is 53.3 Å². The first-order valence-electron chi connectivity index (χ1n) is 14.4. The molecule has 1 heterocycles. The first-order chi connectivity index (χ1) is 15.7. The number of fused-ring (bicyclic) bond motifs is 1. The fraction of sp³-hybridized carbons (Fsp3) is 0.806. The zero-order valence-corrected chi connectivity index (χ0v) is 21.0. The first kappa shape index (κ1) is 22.9. The largest absolute Gasteiger partial charge is 0.316 e. The lowest BCUT2D eigenvalue weighted by atomic mass is 9.55. The van der Waals surface area contributed by atoms with Gasteiger partial charge in [-0.1, -0.05) is 42.9 Å². The summed E-state index contributed by atoms with van der Waals surface area (Å²) in [7, 11) is 0. The van der Waals surface area contributed by atoms with E-state index in [4.69, 9.17) is 0 Å². The lowest BCUT2D eigenvalue weighted by molar-refractivity contribution is 0.0287. The standard InChI is InChI=1S/C31H49N/c1-3-23(20-26-9-5-4-8-22(26)2)24-12-14-25(15-13-24)28-16-17-29(27-18-19-32-21-27)31-11-7-6-10-30(28)31/h3-4,7-8,11,22,24-32H,5-6,9-10,12-21H2,1-2H3/b23-3+. The molecule has 0 aromatic rings. The van der Waals surface area contributed by atoms with Crippen molar-refractivity contribution in [3.05, 3.63) is 36.0 Å². The molecule has 0 bridgehead atoms. The SMILES string of the molecule is C/C=C(\CC1CCC=CC1C)C1CCC(C2CCC(C3CCNC3)C3C=CCCC32)CC1. The molecule has 0 spiro atoms. The van der Waals surface area contributed by atoms with Crippen molar-refractivity contribution in [2.45, 2.75) is 90.9 Å². The van der Waals surface area contributed by atoms with E-state index < -0.39 is 0 Å². The molecule has 7 unspecified atom stereocenters. The van der Waals surface area contributed by atoms with Crippen LogP contribution in [0.2, 0.25) is 0 Å². The van der Waals surface area contributed by atoms with Gasteiger partial charge in [-0.25, -0.2) is 0 Å². The van der Waals surface area contributed by atoms with Gasteiger partial charge in [-0.05, 0) is 150 Å². The summed E-state index contributed by atoms with van der Waals surface area (Å²) >= 11 is 0. The van der Waals surface area contributed by atoms with Gasteiger partial charge in [0.05, 0.1) is 0 Å². The quantitative estimate of drug-likeness (QED) is 0.432. The molecule has 1 N–H and O–H groups in total. The second-order valence-electron chi connectivity index (χ2n) is 12.2. The maximum atomic E-state index is 3.66. The maximum Gasteiger partial charge on any atom is -0.00172 e. The van der Waals surface area contributed by atoms with Crippen molar-refractivity contribution in [2.75, 3.05) is 13.1 Å². The van der Waals surface area contributed by atoms with Crippen LogP contribution in [0.5, 0.6) is 0 Å². The summed E-state index contributed by atoms with van der Waals surface area (Å²) in [6.07, 6.45) is 30.0. The molecule has 7 atom stereocenters. The van der Waals surface area contributed by atoms with E-state index in [0.717, 1.165) is 53.3 Å². The molecular weight excluding hydrogens is 386 g/mol. The van der Waals surface area contributed by atoms with Crippen molar-refractivity contribution in [3.8, 4) is 0 Å². The lowest BCUT2D eigenvalue weighted by Crippen LogP contribution is -2.42. The second-order valence-corrected chi connectivity index (χ2v) is 12.2. The molecule has 0 aromatic heterocycles. The minimum atomic E-state index is 0.775. The topological polar surface area (TPSA) is 12.0 Å². The summed E-state index contributed by atoms with van der Waals surface area (Å²) in [5.41, 5.74) is 1.81. The second kappa shape index (κ2) is 10.6. The van der Waals surface area contributed by atoms with E-state index in [1.54, 1.807) is 0 Å². The molecular formula is C31H49N. The smallest absolute Gasteiger partial charge is 0.00172 e. The van der Waals surface area contributed by atoms with Crippen LogP contribution in [0.15, 0.2) is 36.0 Å². The maximum absolute atomic E-state index is 3.66. The average molecular weight is 436 g/mol. The normalized spacial score (nSPS) is 45.1. The molecule has 0 aromatic carbocycles. The molecule has 32 heavy (non-hydrogen) atoms. The van der Waals surface area contributed by atoms with Crippen LogP contribution < -0.4 is 5.32 Å². The van der Waals surface area contributed by atoms with Crippen LogP contribution in [0.3, 0.4) is 0 Å². The number of nitrogens with one attached hydrogen (secondary N) is 1. The summed E-state index contributed by atoms with van der Waals surface area (Å²) in [6.45, 7) is 7.32. The Kier molecular flexibility index (Phi) is 7.62. The zero-order valence-electron chi connectivity index (χ0n) is 21.0. The molecule has 5 rings (SSSR count). The van der Waals surface area contributed by atoms with Crippen LogP contribution in [-0.4, -0.2) is 13.1 Å². The summed E-state index contributed by atoms with van der Waals surface area (Å²) in [4.78, 5) is 0. The summed E-state index contributed by atoms with van der Waals surface area (Å²) in [5, 5.41) is 3.66. The predicted molar refractivity (Wildman–Crippen MR) is 137 cm³/mol. The monoisotopic (exact) mass is 435 g/mol. The van der Waals surface area contributed by atoms with Crippen molar-refractivity contribution >= 4 is 0 Å². The van der Waals surface area contributed by atoms with E-state index in [9.17, 15) is 0 Å². The van der Waals surface area contributed by atoms with Gasteiger partial charge in [-0.15, -0.1) is 0 Å². The van der Waals surface area contributed by atoms with Crippen LogP contribution in [0.4, 0.5) is 0 Å². The Morgan fingerprint density at radius 3 is 2.34 bits per heavy atom. The Bertz CT molecular complexity index is 687. The zero-order chi connectivity index (χ0) is 21.9. The van der Waals surface area contributed by atoms with Gasteiger partial charge in [0.2, 0.25) is 0 Å². The Labute approximate surface area is 198 Å². The molecule has 4 aliphatic carbocycles. The number of rotatable bonds is 5. The van der Waals surface area contributed by atoms with E-state index >= 15 is 0 Å². The predicted octanol–water partition coefficient (Wildman–Crippen LogP) is 7.95. The van der Waals surface area contributed by atoms with Gasteiger partial charge in [0.15, 0.2) is 0 Å². The minimum Gasteiger partial charge on any atom is -0.316 e. The fourth-order valence-electron chi connectivity index (χ4n) is 8.88. The minimum absolute atomic E-state index is 0.775. The summed E-state index contributed by atoms with van der Waals surface area (Å²) in [5.74, 6) is 8.41. The van der Waals surface area contributed by atoms with Crippen LogP contribution in [-0.2, 0) is 0 Å². The molecule has 2 saturated carbocycles. The highest BCUT2D eigenvalue weighted by atomic mass is 14.9. The molecule has 1 saturated heterocycles. The van der Waals surface area contributed by atoms with Gasteiger partial charge < -0.3 is 5.32 Å².